The highest BCUT2D eigenvalue weighted by Gasteiger charge is 2.16. The van der Waals surface area contributed by atoms with Gasteiger partial charge in [-0.2, -0.15) is 0 Å². The number of anilines is 2. The van der Waals surface area contributed by atoms with Crippen molar-refractivity contribution < 1.29 is 14.3 Å². The van der Waals surface area contributed by atoms with Crippen LogP contribution in [0, 0.1) is 0 Å². The number of esters is 1. The predicted octanol–water partition coefficient (Wildman–Crippen LogP) is 7.47. The van der Waals surface area contributed by atoms with Gasteiger partial charge in [0.15, 0.2) is 0 Å². The predicted molar refractivity (Wildman–Crippen MR) is 151 cm³/mol. The van der Waals surface area contributed by atoms with Crippen molar-refractivity contribution in [2.45, 2.75) is 52.9 Å². The lowest BCUT2D eigenvalue weighted by atomic mass is 10.0. The third kappa shape index (κ3) is 7.45. The summed E-state index contributed by atoms with van der Waals surface area (Å²) >= 11 is 0. The summed E-state index contributed by atoms with van der Waals surface area (Å²) in [6.07, 6.45) is 7.59. The van der Waals surface area contributed by atoms with E-state index in [1.54, 1.807) is 25.1 Å². The number of nitrogens with zero attached hydrogens (tertiary/aromatic N) is 1. The molecule has 0 spiro atoms. The van der Waals surface area contributed by atoms with Gasteiger partial charge in [-0.1, -0.05) is 69.0 Å². The molecule has 3 aromatic carbocycles. The first kappa shape index (κ1) is 27.0. The first-order chi connectivity index (χ1) is 17.4. The second-order valence-corrected chi connectivity index (χ2v) is 9.16. The number of carbonyl (C=O) groups excluding carboxylic acids is 2. The molecule has 1 amide bonds. The Balaban J connectivity index is 1.75. The number of nitrogens with one attached hydrogen (secondary N) is 1. The lowest BCUT2D eigenvalue weighted by Crippen LogP contribution is -2.20. The quantitative estimate of drug-likeness (QED) is 0.164. The summed E-state index contributed by atoms with van der Waals surface area (Å²) in [6, 6.07) is 19.8. The number of amides is 1. The Morgan fingerprint density at radius 1 is 0.917 bits per heavy atom. The SMILES string of the molecule is CCCCCCCN(C)c1ccc(NC(=O)/C=C(/C)c2ccc3ccccc3c2)c(C(=O)OCC)c1. The fraction of sp³-hybridized carbons (Fsp3) is 0.355. The summed E-state index contributed by atoms with van der Waals surface area (Å²) in [7, 11) is 2.03. The normalized spacial score (nSPS) is 11.4. The van der Waals surface area contributed by atoms with Crippen LogP contribution in [0.4, 0.5) is 11.4 Å². The van der Waals surface area contributed by atoms with Crippen LogP contribution in [0.25, 0.3) is 16.3 Å². The zero-order chi connectivity index (χ0) is 25.9. The lowest BCUT2D eigenvalue weighted by molar-refractivity contribution is -0.111. The molecule has 0 aliphatic heterocycles. The van der Waals surface area contributed by atoms with Crippen molar-refractivity contribution in [3.8, 4) is 0 Å². The minimum absolute atomic E-state index is 0.269. The van der Waals surface area contributed by atoms with E-state index < -0.39 is 5.97 Å². The fourth-order valence-electron chi connectivity index (χ4n) is 4.22. The molecular weight excluding hydrogens is 448 g/mol. The maximum absolute atomic E-state index is 12.9. The van der Waals surface area contributed by atoms with E-state index in [-0.39, 0.29) is 12.5 Å². The van der Waals surface area contributed by atoms with Crippen LogP contribution in [0.15, 0.2) is 66.7 Å². The number of hydrogen-bond acceptors (Lipinski definition) is 4. The third-order valence-electron chi connectivity index (χ3n) is 6.35. The first-order valence-corrected chi connectivity index (χ1v) is 12.9. The standard InChI is InChI=1S/C31H38N2O3/c1-5-7-8-9-12-19-33(4)27-17-18-29(28(22-27)31(35)36-6-2)32-30(34)20-23(3)25-16-15-24-13-10-11-14-26(24)21-25/h10-11,13-18,20-22H,5-9,12,19H2,1-4H3,(H,32,34)/b23-20-. The fourth-order valence-corrected chi connectivity index (χ4v) is 4.22. The zero-order valence-corrected chi connectivity index (χ0v) is 22.0. The van der Waals surface area contributed by atoms with Crippen molar-refractivity contribution in [3.63, 3.8) is 0 Å². The van der Waals surface area contributed by atoms with Gasteiger partial charge >= 0.3 is 5.97 Å². The van der Waals surface area contributed by atoms with E-state index in [4.69, 9.17) is 4.74 Å². The molecule has 0 radical (unpaired) electrons. The van der Waals surface area contributed by atoms with Gasteiger partial charge in [-0.25, -0.2) is 4.79 Å². The van der Waals surface area contributed by atoms with E-state index in [0.29, 0.717) is 11.3 Å². The average Bonchev–Trinajstić information content (AvgIpc) is 2.88. The molecule has 0 fully saturated rings. The highest BCUT2D eigenvalue weighted by Crippen LogP contribution is 2.25. The van der Waals surface area contributed by atoms with Gasteiger partial charge in [0.1, 0.15) is 0 Å². The molecule has 1 N–H and O–H groups in total. The number of fused-ring (bicyclic) bond motifs is 1. The van der Waals surface area contributed by atoms with Gasteiger partial charge in [0, 0.05) is 25.4 Å². The molecule has 5 heteroatoms. The van der Waals surface area contributed by atoms with Crippen LogP contribution in [0.3, 0.4) is 0 Å². The van der Waals surface area contributed by atoms with Crippen LogP contribution in [-0.4, -0.2) is 32.1 Å². The number of ether oxygens (including phenoxy) is 1. The number of carbonyl (C=O) groups is 2. The lowest BCUT2D eigenvalue weighted by Gasteiger charge is -2.21. The summed E-state index contributed by atoms with van der Waals surface area (Å²) in [5, 5.41) is 5.16. The maximum Gasteiger partial charge on any atom is 0.340 e. The van der Waals surface area contributed by atoms with Gasteiger partial charge in [0.2, 0.25) is 5.91 Å². The Morgan fingerprint density at radius 2 is 1.67 bits per heavy atom. The Hall–Kier alpha value is -3.60. The number of benzene rings is 3. The molecule has 36 heavy (non-hydrogen) atoms. The number of allylic oxidation sites excluding steroid dienone is 1. The molecule has 0 saturated heterocycles. The molecule has 3 rings (SSSR count). The van der Waals surface area contributed by atoms with Crippen molar-refractivity contribution in [2.24, 2.45) is 0 Å². The topological polar surface area (TPSA) is 58.6 Å². The summed E-state index contributed by atoms with van der Waals surface area (Å²) < 4.78 is 5.28. The Bertz CT molecular complexity index is 1220. The molecule has 0 saturated carbocycles. The number of rotatable bonds is 12. The van der Waals surface area contributed by atoms with Crippen LogP contribution < -0.4 is 10.2 Å². The van der Waals surface area contributed by atoms with Crippen LogP contribution in [0.1, 0.15) is 68.8 Å². The summed E-state index contributed by atoms with van der Waals surface area (Å²) in [6.45, 7) is 7.08. The van der Waals surface area contributed by atoms with Crippen LogP contribution in [0.5, 0.6) is 0 Å². The summed E-state index contributed by atoms with van der Waals surface area (Å²) in [5.41, 5.74) is 3.55. The van der Waals surface area contributed by atoms with Gasteiger partial charge in [-0.05, 0) is 66.4 Å². The van der Waals surface area contributed by atoms with Crippen molar-refractivity contribution in [1.29, 1.82) is 0 Å². The molecule has 5 nitrogen and oxygen atoms in total. The molecule has 0 aliphatic carbocycles. The maximum atomic E-state index is 12.9. The van der Waals surface area contributed by atoms with Crippen molar-refractivity contribution in [3.05, 3.63) is 77.9 Å². The van der Waals surface area contributed by atoms with Gasteiger partial charge < -0.3 is 15.0 Å². The highest BCUT2D eigenvalue weighted by atomic mass is 16.5. The van der Waals surface area contributed by atoms with E-state index in [0.717, 1.165) is 40.6 Å². The van der Waals surface area contributed by atoms with E-state index in [2.05, 4.69) is 41.4 Å². The average molecular weight is 487 g/mol. The van der Waals surface area contributed by atoms with Crippen molar-refractivity contribution >= 4 is 39.6 Å². The minimum atomic E-state index is -0.443. The molecule has 0 unspecified atom stereocenters. The van der Waals surface area contributed by atoms with E-state index in [1.807, 2.05) is 38.2 Å². The summed E-state index contributed by atoms with van der Waals surface area (Å²) in [4.78, 5) is 27.7. The van der Waals surface area contributed by atoms with Gasteiger partial charge in [0.05, 0.1) is 17.9 Å². The zero-order valence-electron chi connectivity index (χ0n) is 22.0. The van der Waals surface area contributed by atoms with Crippen LogP contribution >= 0.6 is 0 Å². The van der Waals surface area contributed by atoms with E-state index in [9.17, 15) is 9.59 Å². The van der Waals surface area contributed by atoms with Crippen LogP contribution in [-0.2, 0) is 9.53 Å². The van der Waals surface area contributed by atoms with E-state index in [1.165, 1.54) is 25.7 Å². The monoisotopic (exact) mass is 486 g/mol. The molecule has 0 heterocycles. The molecular formula is C31H38N2O3. The molecule has 0 aromatic heterocycles. The minimum Gasteiger partial charge on any atom is -0.462 e. The van der Waals surface area contributed by atoms with Gasteiger partial charge in [-0.15, -0.1) is 0 Å². The molecule has 190 valence electrons. The largest absolute Gasteiger partial charge is 0.462 e. The summed E-state index contributed by atoms with van der Waals surface area (Å²) in [5.74, 6) is -0.732. The second-order valence-electron chi connectivity index (χ2n) is 9.16. The van der Waals surface area contributed by atoms with Crippen molar-refractivity contribution in [2.75, 3.05) is 30.4 Å². The molecule has 0 bridgehead atoms. The van der Waals surface area contributed by atoms with Crippen molar-refractivity contribution in [1.82, 2.24) is 0 Å². The van der Waals surface area contributed by atoms with Crippen LogP contribution in [0.2, 0.25) is 0 Å². The Kier molecular flexibility index (Phi) is 10.1. The number of unbranched alkanes of at least 4 members (excludes halogenated alkanes) is 4. The first-order valence-electron chi connectivity index (χ1n) is 12.9. The highest BCUT2D eigenvalue weighted by molar-refractivity contribution is 6.08. The van der Waals surface area contributed by atoms with Gasteiger partial charge in [-0.3, -0.25) is 4.79 Å². The molecule has 0 aliphatic rings. The molecule has 3 aromatic rings. The Labute approximate surface area is 215 Å². The number of hydrogen-bond donors (Lipinski definition) is 1. The van der Waals surface area contributed by atoms with E-state index >= 15 is 0 Å². The Morgan fingerprint density at radius 3 is 2.42 bits per heavy atom. The molecule has 0 atom stereocenters. The smallest absolute Gasteiger partial charge is 0.340 e. The van der Waals surface area contributed by atoms with Gasteiger partial charge in [0.25, 0.3) is 0 Å². The second kappa shape index (κ2) is 13.5. The third-order valence-corrected chi connectivity index (χ3v) is 6.35.